The van der Waals surface area contributed by atoms with Crippen LogP contribution in [0.4, 0.5) is 0 Å². The van der Waals surface area contributed by atoms with E-state index in [9.17, 15) is 9.90 Å². The van der Waals surface area contributed by atoms with Crippen molar-refractivity contribution in [2.45, 2.75) is 19.0 Å². The van der Waals surface area contributed by atoms with Gasteiger partial charge >= 0.3 is 0 Å². The van der Waals surface area contributed by atoms with E-state index in [1.807, 2.05) is 43.3 Å². The van der Waals surface area contributed by atoms with E-state index in [2.05, 4.69) is 15.0 Å². The molecule has 5 rings (SSSR count). The fourth-order valence-corrected chi connectivity index (χ4v) is 4.42. The number of pyridine rings is 2. The van der Waals surface area contributed by atoms with E-state index in [1.54, 1.807) is 53.8 Å². The first-order valence-electron chi connectivity index (χ1n) is 10.7. The third-order valence-electron chi connectivity index (χ3n) is 6.08. The molecule has 5 aromatic rings. The lowest BCUT2D eigenvalue weighted by atomic mass is 9.80. The number of phenolic OH excluding ortho intramolecular Hbond substituents is 1. The van der Waals surface area contributed by atoms with Crippen LogP contribution in [0.3, 0.4) is 0 Å². The summed E-state index contributed by atoms with van der Waals surface area (Å²) in [4.78, 5) is 24.4. The molecule has 0 aliphatic heterocycles. The standard InChI is InChI=1S/C26H23N5O2/c1-2-31-23-9-8-19(12-22(23)21(13-25(31)33)17-5-4-10-28-14-17)26(27,24-15-29-16-30-24)18-6-3-7-20(32)11-18/h3-16,32H,2,27H2,1H3,(H,29,30). The third kappa shape index (κ3) is 3.39. The molecular weight excluding hydrogens is 414 g/mol. The summed E-state index contributed by atoms with van der Waals surface area (Å²) in [6, 6.07) is 18.2. The number of nitrogens with one attached hydrogen (secondary N) is 1. The number of nitrogens with two attached hydrogens (primary N) is 1. The predicted octanol–water partition coefficient (Wildman–Crippen LogP) is 3.76. The van der Waals surface area contributed by atoms with E-state index < -0.39 is 5.54 Å². The van der Waals surface area contributed by atoms with Gasteiger partial charge in [-0.1, -0.05) is 24.3 Å². The first kappa shape index (κ1) is 20.7. The summed E-state index contributed by atoms with van der Waals surface area (Å²) in [6.45, 7) is 2.49. The number of imidazole rings is 1. The summed E-state index contributed by atoms with van der Waals surface area (Å²) in [6.07, 6.45) is 6.71. The van der Waals surface area contributed by atoms with E-state index in [0.29, 0.717) is 17.8 Å². The molecule has 0 bridgehead atoms. The van der Waals surface area contributed by atoms with Gasteiger partial charge in [0.1, 0.15) is 11.3 Å². The highest BCUT2D eigenvalue weighted by atomic mass is 16.3. The topological polar surface area (TPSA) is 110 Å². The number of hydrogen-bond acceptors (Lipinski definition) is 5. The minimum Gasteiger partial charge on any atom is -0.508 e. The maximum absolute atomic E-state index is 12.9. The van der Waals surface area contributed by atoms with Crippen LogP contribution in [0.25, 0.3) is 22.0 Å². The average Bonchev–Trinajstić information content (AvgIpc) is 3.39. The second-order valence-corrected chi connectivity index (χ2v) is 7.94. The summed E-state index contributed by atoms with van der Waals surface area (Å²) in [5, 5.41) is 11.0. The van der Waals surface area contributed by atoms with Gasteiger partial charge in [-0.15, -0.1) is 0 Å². The summed E-state index contributed by atoms with van der Waals surface area (Å²) < 4.78 is 1.74. The molecule has 0 aliphatic carbocycles. The smallest absolute Gasteiger partial charge is 0.251 e. The van der Waals surface area contributed by atoms with Crippen LogP contribution in [-0.4, -0.2) is 24.6 Å². The highest BCUT2D eigenvalue weighted by molar-refractivity contribution is 5.95. The van der Waals surface area contributed by atoms with E-state index in [1.165, 1.54) is 0 Å². The van der Waals surface area contributed by atoms with Crippen LogP contribution in [0.15, 0.2) is 90.4 Å². The fraction of sp³-hybridized carbons (Fsp3) is 0.115. The van der Waals surface area contributed by atoms with Crippen LogP contribution < -0.4 is 11.3 Å². The molecule has 0 fully saturated rings. The molecule has 0 aliphatic rings. The molecule has 3 heterocycles. The molecule has 0 spiro atoms. The molecule has 7 nitrogen and oxygen atoms in total. The molecule has 1 atom stereocenters. The van der Waals surface area contributed by atoms with E-state index in [4.69, 9.17) is 5.73 Å². The zero-order valence-corrected chi connectivity index (χ0v) is 18.1. The van der Waals surface area contributed by atoms with Crippen LogP contribution >= 0.6 is 0 Å². The summed E-state index contributed by atoms with van der Waals surface area (Å²) in [5.41, 5.74) is 10.5. The number of H-pyrrole nitrogens is 1. The number of rotatable bonds is 5. The Labute approximate surface area is 190 Å². The fourth-order valence-electron chi connectivity index (χ4n) is 4.42. The molecule has 0 saturated heterocycles. The Bertz CT molecular complexity index is 1490. The molecule has 0 radical (unpaired) electrons. The van der Waals surface area contributed by atoms with Gasteiger partial charge in [-0.25, -0.2) is 4.98 Å². The van der Waals surface area contributed by atoms with Crippen LogP contribution in [0.1, 0.15) is 23.7 Å². The SMILES string of the molecule is CCn1c(=O)cc(-c2cccnc2)c2cc(C(N)(c3cccc(O)c3)c3cnc[nH]3)ccc21. The first-order valence-corrected chi connectivity index (χ1v) is 10.7. The molecule has 4 N–H and O–H groups in total. The third-order valence-corrected chi connectivity index (χ3v) is 6.08. The quantitative estimate of drug-likeness (QED) is 0.388. The maximum atomic E-state index is 12.9. The molecule has 33 heavy (non-hydrogen) atoms. The maximum Gasteiger partial charge on any atom is 0.251 e. The number of benzene rings is 2. The lowest BCUT2D eigenvalue weighted by Gasteiger charge is -2.30. The largest absolute Gasteiger partial charge is 0.508 e. The molecule has 1 unspecified atom stereocenters. The molecular formula is C26H23N5O2. The van der Waals surface area contributed by atoms with Crippen LogP contribution in [0.5, 0.6) is 5.75 Å². The number of nitrogens with zero attached hydrogens (tertiary/aromatic N) is 3. The van der Waals surface area contributed by atoms with Gasteiger partial charge in [0.15, 0.2) is 0 Å². The van der Waals surface area contributed by atoms with Crippen LogP contribution in [-0.2, 0) is 12.1 Å². The van der Waals surface area contributed by atoms with E-state index in [0.717, 1.165) is 27.6 Å². The lowest BCUT2D eigenvalue weighted by molar-refractivity contribution is 0.472. The van der Waals surface area contributed by atoms with Crippen molar-refractivity contribution in [1.29, 1.82) is 0 Å². The zero-order valence-electron chi connectivity index (χ0n) is 18.1. The van der Waals surface area contributed by atoms with Crippen molar-refractivity contribution in [3.05, 3.63) is 113 Å². The predicted molar refractivity (Wildman–Crippen MR) is 128 cm³/mol. The Morgan fingerprint density at radius 1 is 1.03 bits per heavy atom. The number of aromatic hydroxyl groups is 1. The van der Waals surface area contributed by atoms with Crippen molar-refractivity contribution < 1.29 is 5.11 Å². The Balaban J connectivity index is 1.84. The minimum absolute atomic E-state index is 0.0721. The number of aromatic amines is 1. The number of aromatic nitrogens is 4. The van der Waals surface area contributed by atoms with Crippen LogP contribution in [0.2, 0.25) is 0 Å². The van der Waals surface area contributed by atoms with Gasteiger partial charge in [-0.05, 0) is 53.9 Å². The Hall–Kier alpha value is -4.23. The second-order valence-electron chi connectivity index (χ2n) is 7.94. The monoisotopic (exact) mass is 437 g/mol. The summed E-state index contributed by atoms with van der Waals surface area (Å²) >= 11 is 0. The summed E-state index contributed by atoms with van der Waals surface area (Å²) in [5.74, 6) is 0.124. The van der Waals surface area contributed by atoms with E-state index >= 15 is 0 Å². The molecule has 3 aromatic heterocycles. The Morgan fingerprint density at radius 3 is 2.58 bits per heavy atom. The van der Waals surface area contributed by atoms with Gasteiger partial charge in [0.2, 0.25) is 0 Å². The van der Waals surface area contributed by atoms with E-state index in [-0.39, 0.29) is 11.3 Å². The van der Waals surface area contributed by atoms with Crippen molar-refractivity contribution in [3.63, 3.8) is 0 Å². The van der Waals surface area contributed by atoms with Gasteiger partial charge < -0.3 is 20.4 Å². The van der Waals surface area contributed by atoms with Crippen molar-refractivity contribution in [2.75, 3.05) is 0 Å². The van der Waals surface area contributed by atoms with Gasteiger partial charge in [-0.3, -0.25) is 9.78 Å². The lowest BCUT2D eigenvalue weighted by Crippen LogP contribution is -2.39. The number of phenols is 1. The van der Waals surface area contributed by atoms with Crippen LogP contribution in [0, 0.1) is 0 Å². The highest BCUT2D eigenvalue weighted by Crippen LogP contribution is 2.37. The van der Waals surface area contributed by atoms with Gasteiger partial charge in [0.25, 0.3) is 5.56 Å². The Morgan fingerprint density at radius 2 is 1.88 bits per heavy atom. The summed E-state index contributed by atoms with van der Waals surface area (Å²) in [7, 11) is 0. The van der Waals surface area contributed by atoms with Crippen molar-refractivity contribution in [1.82, 2.24) is 19.5 Å². The Kier molecular flexibility index (Phi) is 5.03. The second kappa shape index (κ2) is 8.03. The van der Waals surface area contributed by atoms with Gasteiger partial charge in [0.05, 0.1) is 23.7 Å². The normalized spacial score (nSPS) is 13.2. The minimum atomic E-state index is -1.11. The van der Waals surface area contributed by atoms with Gasteiger partial charge in [-0.2, -0.15) is 0 Å². The molecule has 7 heteroatoms. The van der Waals surface area contributed by atoms with Crippen molar-refractivity contribution in [3.8, 4) is 16.9 Å². The zero-order chi connectivity index (χ0) is 23.0. The van der Waals surface area contributed by atoms with Gasteiger partial charge in [0, 0.05) is 36.0 Å². The molecule has 0 amide bonds. The molecule has 164 valence electrons. The van der Waals surface area contributed by atoms with Crippen molar-refractivity contribution >= 4 is 10.9 Å². The average molecular weight is 438 g/mol. The number of hydrogen-bond donors (Lipinski definition) is 3. The molecule has 0 saturated carbocycles. The van der Waals surface area contributed by atoms with Crippen molar-refractivity contribution in [2.24, 2.45) is 5.73 Å². The number of aryl methyl sites for hydroxylation is 1. The number of fused-ring (bicyclic) bond motifs is 1. The molecule has 2 aromatic carbocycles. The first-order chi connectivity index (χ1) is 16.0. The highest BCUT2D eigenvalue weighted by Gasteiger charge is 2.34.